The number of nitrogens with zero attached hydrogens (tertiary/aromatic N) is 2. The Morgan fingerprint density at radius 3 is 2.62 bits per heavy atom. The molecule has 9 nitrogen and oxygen atoms in total. The summed E-state index contributed by atoms with van der Waals surface area (Å²) in [5.41, 5.74) is 2.60. The Morgan fingerprint density at radius 1 is 1.10 bits per heavy atom. The molecule has 0 fully saturated rings. The van der Waals surface area contributed by atoms with E-state index < -0.39 is 10.8 Å². The Kier molecular flexibility index (Phi) is 5.95. The van der Waals surface area contributed by atoms with E-state index in [9.17, 15) is 24.8 Å². The van der Waals surface area contributed by atoms with Crippen molar-refractivity contribution in [3.05, 3.63) is 86.1 Å². The summed E-state index contributed by atoms with van der Waals surface area (Å²) in [6.07, 6.45) is 1.09. The molecule has 10 heteroatoms. The highest BCUT2D eigenvalue weighted by atomic mass is 32.1. The van der Waals surface area contributed by atoms with Gasteiger partial charge in [0.2, 0.25) is 0 Å². The first-order chi connectivity index (χ1) is 14.0. The number of nitro groups is 1. The highest BCUT2D eigenvalue weighted by Crippen LogP contribution is 2.21. The van der Waals surface area contributed by atoms with Gasteiger partial charge in [-0.2, -0.15) is 5.10 Å². The van der Waals surface area contributed by atoms with Gasteiger partial charge >= 0.3 is 0 Å². The number of non-ortho nitro benzene ring substituents is 1. The summed E-state index contributed by atoms with van der Waals surface area (Å²) in [4.78, 5) is 35.4. The normalized spacial score (nSPS) is 10.6. The lowest BCUT2D eigenvalue weighted by Gasteiger charge is -2.09. The number of nitro benzene ring substituents is 1. The zero-order chi connectivity index (χ0) is 20.8. The van der Waals surface area contributed by atoms with Gasteiger partial charge in [-0.3, -0.25) is 19.7 Å². The fourth-order valence-electron chi connectivity index (χ4n) is 2.36. The molecule has 29 heavy (non-hydrogen) atoms. The molecule has 2 aromatic carbocycles. The first-order valence-electron chi connectivity index (χ1n) is 8.20. The SMILES string of the molecule is O=C(Nc1ccccc1C(=O)N/N=C\c1cc([N+](=O)[O-])ccc1O)c1cccs1. The average molecular weight is 410 g/mol. The Morgan fingerprint density at radius 2 is 1.90 bits per heavy atom. The maximum absolute atomic E-state index is 12.4. The molecule has 0 aliphatic rings. The molecule has 3 N–H and O–H groups in total. The van der Waals surface area contributed by atoms with Gasteiger partial charge in [-0.15, -0.1) is 11.3 Å². The standard InChI is InChI=1S/C19H14N4O5S/c24-16-8-7-13(23(27)28)10-12(16)11-20-22-18(25)14-4-1-2-5-15(14)21-19(26)17-6-3-9-29-17/h1-11,24H,(H,21,26)(H,22,25)/b20-11-. The number of phenols is 1. The number of amides is 2. The molecule has 3 rings (SSSR count). The van der Waals surface area contributed by atoms with E-state index in [1.165, 1.54) is 17.4 Å². The predicted octanol–water partition coefficient (Wildman–Crippen LogP) is 3.38. The van der Waals surface area contributed by atoms with E-state index in [1.807, 2.05) is 0 Å². The molecule has 0 atom stereocenters. The third-order valence-corrected chi connectivity index (χ3v) is 4.63. The predicted molar refractivity (Wildman–Crippen MR) is 109 cm³/mol. The molecule has 0 unspecified atom stereocenters. The maximum atomic E-state index is 12.4. The number of hydrogen-bond acceptors (Lipinski definition) is 7. The van der Waals surface area contributed by atoms with Gasteiger partial charge in [-0.1, -0.05) is 18.2 Å². The molecule has 2 amide bonds. The number of hydrazone groups is 1. The van der Waals surface area contributed by atoms with Crippen LogP contribution in [0.2, 0.25) is 0 Å². The van der Waals surface area contributed by atoms with Crippen molar-refractivity contribution < 1.29 is 19.6 Å². The molecule has 0 aliphatic carbocycles. The third kappa shape index (κ3) is 4.82. The zero-order valence-electron chi connectivity index (χ0n) is 14.7. The number of phenolic OH excluding ortho intramolecular Hbond substituents is 1. The lowest BCUT2D eigenvalue weighted by Crippen LogP contribution is -2.21. The number of hydrogen-bond donors (Lipinski definition) is 3. The van der Waals surface area contributed by atoms with E-state index >= 15 is 0 Å². The molecule has 0 radical (unpaired) electrons. The van der Waals surface area contributed by atoms with Crippen LogP contribution in [0.1, 0.15) is 25.6 Å². The maximum Gasteiger partial charge on any atom is 0.273 e. The van der Waals surface area contributed by atoms with Crippen molar-refractivity contribution in [3.63, 3.8) is 0 Å². The second-order valence-electron chi connectivity index (χ2n) is 5.68. The van der Waals surface area contributed by atoms with Crippen molar-refractivity contribution in [1.29, 1.82) is 0 Å². The van der Waals surface area contributed by atoms with Crippen molar-refractivity contribution in [2.24, 2.45) is 5.10 Å². The van der Waals surface area contributed by atoms with E-state index in [2.05, 4.69) is 15.8 Å². The van der Waals surface area contributed by atoms with Crippen molar-refractivity contribution in [2.45, 2.75) is 0 Å². The van der Waals surface area contributed by atoms with Crippen LogP contribution in [-0.4, -0.2) is 28.1 Å². The minimum absolute atomic E-state index is 0.0683. The zero-order valence-corrected chi connectivity index (χ0v) is 15.6. The Bertz CT molecular complexity index is 1100. The minimum Gasteiger partial charge on any atom is -0.507 e. The summed E-state index contributed by atoms with van der Waals surface area (Å²) in [6, 6.07) is 13.2. The number of nitrogens with one attached hydrogen (secondary N) is 2. The van der Waals surface area contributed by atoms with Gasteiger partial charge in [-0.25, -0.2) is 5.43 Å². The Balaban J connectivity index is 1.73. The molecule has 1 heterocycles. The molecular weight excluding hydrogens is 396 g/mol. The molecular formula is C19H14N4O5S. The van der Waals surface area contributed by atoms with Crippen molar-refractivity contribution in [1.82, 2.24) is 5.43 Å². The fraction of sp³-hybridized carbons (Fsp3) is 0. The van der Waals surface area contributed by atoms with Crippen LogP contribution >= 0.6 is 11.3 Å². The smallest absolute Gasteiger partial charge is 0.273 e. The highest BCUT2D eigenvalue weighted by Gasteiger charge is 2.14. The molecule has 0 saturated carbocycles. The molecule has 0 spiro atoms. The molecule has 1 aromatic heterocycles. The van der Waals surface area contributed by atoms with Gasteiger partial charge in [0.15, 0.2) is 0 Å². The van der Waals surface area contributed by atoms with Crippen LogP contribution < -0.4 is 10.7 Å². The van der Waals surface area contributed by atoms with Gasteiger partial charge in [-0.05, 0) is 29.6 Å². The highest BCUT2D eigenvalue weighted by molar-refractivity contribution is 7.12. The van der Waals surface area contributed by atoms with Crippen molar-refractivity contribution in [3.8, 4) is 5.75 Å². The number of anilines is 1. The van der Waals surface area contributed by atoms with E-state index in [-0.39, 0.29) is 28.5 Å². The van der Waals surface area contributed by atoms with E-state index in [1.54, 1.807) is 35.7 Å². The number of aromatic hydroxyl groups is 1. The van der Waals surface area contributed by atoms with Gasteiger partial charge in [0.05, 0.1) is 27.3 Å². The second kappa shape index (κ2) is 8.76. The molecule has 146 valence electrons. The van der Waals surface area contributed by atoms with Crippen LogP contribution in [0.4, 0.5) is 11.4 Å². The summed E-state index contributed by atoms with van der Waals surface area (Å²) < 4.78 is 0. The largest absolute Gasteiger partial charge is 0.507 e. The number of thiophene rings is 1. The number of carbonyl (C=O) groups excluding carboxylic acids is 2. The van der Waals surface area contributed by atoms with Gasteiger partial charge < -0.3 is 10.4 Å². The van der Waals surface area contributed by atoms with Gasteiger partial charge in [0, 0.05) is 17.7 Å². The number of benzene rings is 2. The monoisotopic (exact) mass is 410 g/mol. The summed E-state index contributed by atoms with van der Waals surface area (Å²) in [5, 5.41) is 28.8. The van der Waals surface area contributed by atoms with Crippen LogP contribution in [0.25, 0.3) is 0 Å². The summed E-state index contributed by atoms with van der Waals surface area (Å²) in [5.74, 6) is -1.17. The van der Waals surface area contributed by atoms with E-state index in [0.717, 1.165) is 24.4 Å². The van der Waals surface area contributed by atoms with E-state index in [0.29, 0.717) is 10.6 Å². The quantitative estimate of drug-likeness (QED) is 0.325. The molecule has 0 bridgehead atoms. The topological polar surface area (TPSA) is 134 Å². The summed E-state index contributed by atoms with van der Waals surface area (Å²) in [7, 11) is 0. The average Bonchev–Trinajstić information content (AvgIpc) is 3.24. The lowest BCUT2D eigenvalue weighted by atomic mass is 10.1. The van der Waals surface area contributed by atoms with Crippen LogP contribution in [0.3, 0.4) is 0 Å². The van der Waals surface area contributed by atoms with Crippen LogP contribution in [0.15, 0.2) is 65.1 Å². The van der Waals surface area contributed by atoms with Crippen LogP contribution in [-0.2, 0) is 0 Å². The fourth-order valence-corrected chi connectivity index (χ4v) is 2.98. The third-order valence-electron chi connectivity index (χ3n) is 3.76. The van der Waals surface area contributed by atoms with Crippen molar-refractivity contribution in [2.75, 3.05) is 5.32 Å². The number of para-hydroxylation sites is 1. The number of carbonyl (C=O) groups is 2. The molecule has 0 aliphatic heterocycles. The molecule has 3 aromatic rings. The molecule has 0 saturated heterocycles. The summed E-state index contributed by atoms with van der Waals surface area (Å²) >= 11 is 1.27. The minimum atomic E-state index is -0.609. The lowest BCUT2D eigenvalue weighted by molar-refractivity contribution is -0.384. The summed E-state index contributed by atoms with van der Waals surface area (Å²) in [6.45, 7) is 0. The van der Waals surface area contributed by atoms with Crippen LogP contribution in [0, 0.1) is 10.1 Å². The van der Waals surface area contributed by atoms with Crippen LogP contribution in [0.5, 0.6) is 5.75 Å². The first-order valence-corrected chi connectivity index (χ1v) is 9.08. The van der Waals surface area contributed by atoms with E-state index in [4.69, 9.17) is 0 Å². The number of rotatable bonds is 6. The van der Waals surface area contributed by atoms with Crippen molar-refractivity contribution >= 4 is 40.7 Å². The van der Waals surface area contributed by atoms with Gasteiger partial charge in [0.1, 0.15) is 5.75 Å². The second-order valence-corrected chi connectivity index (χ2v) is 6.62. The van der Waals surface area contributed by atoms with Gasteiger partial charge in [0.25, 0.3) is 17.5 Å². The first kappa shape index (κ1) is 19.7. The Labute approximate surface area is 168 Å². The Hall–Kier alpha value is -4.05.